The summed E-state index contributed by atoms with van der Waals surface area (Å²) < 4.78 is 0. The fraction of sp³-hybridized carbons (Fsp3) is 0.417. The van der Waals surface area contributed by atoms with Gasteiger partial charge in [-0.05, 0) is 37.2 Å². The van der Waals surface area contributed by atoms with Crippen molar-refractivity contribution >= 4 is 17.5 Å². The van der Waals surface area contributed by atoms with Crippen LogP contribution in [0.2, 0.25) is 5.02 Å². The van der Waals surface area contributed by atoms with Crippen molar-refractivity contribution in [2.45, 2.75) is 6.42 Å². The topological polar surface area (TPSA) is 32.3 Å². The lowest BCUT2D eigenvalue weighted by atomic mass is 10.2. The number of hydrogen-bond acceptors (Lipinski definition) is 2. The Kier molecular flexibility index (Phi) is 3.80. The van der Waals surface area contributed by atoms with Crippen LogP contribution in [0.25, 0.3) is 0 Å². The molecule has 1 aliphatic heterocycles. The van der Waals surface area contributed by atoms with Crippen molar-refractivity contribution < 1.29 is 4.79 Å². The van der Waals surface area contributed by atoms with Gasteiger partial charge in [-0.3, -0.25) is 4.79 Å². The standard InChI is InChI=1S/C12H15ClN2O/c13-11-4-2-10(3-5-11)12(16)15-8-1-6-14-7-9-15/h2-5,14H,1,6-9H2. The molecule has 0 radical (unpaired) electrons. The number of amides is 1. The first-order chi connectivity index (χ1) is 7.77. The zero-order valence-corrected chi connectivity index (χ0v) is 9.83. The minimum atomic E-state index is 0.0976. The second kappa shape index (κ2) is 5.32. The van der Waals surface area contributed by atoms with Crippen molar-refractivity contribution in [3.05, 3.63) is 34.9 Å². The summed E-state index contributed by atoms with van der Waals surface area (Å²) in [6, 6.07) is 7.07. The van der Waals surface area contributed by atoms with Crippen LogP contribution < -0.4 is 5.32 Å². The van der Waals surface area contributed by atoms with E-state index in [4.69, 9.17) is 11.6 Å². The number of rotatable bonds is 1. The number of halogens is 1. The SMILES string of the molecule is O=C(c1ccc(Cl)cc1)N1CCCNCC1. The van der Waals surface area contributed by atoms with E-state index in [0.717, 1.165) is 32.6 Å². The number of benzene rings is 1. The Balaban J connectivity index is 2.08. The van der Waals surface area contributed by atoms with Gasteiger partial charge in [0, 0.05) is 30.2 Å². The minimum absolute atomic E-state index is 0.0976. The van der Waals surface area contributed by atoms with Crippen molar-refractivity contribution in [2.75, 3.05) is 26.2 Å². The second-order valence-corrected chi connectivity index (χ2v) is 4.34. The first kappa shape index (κ1) is 11.4. The molecule has 2 rings (SSSR count). The first-order valence-electron chi connectivity index (χ1n) is 5.53. The normalized spacial score (nSPS) is 16.9. The predicted octanol–water partition coefficient (Wildman–Crippen LogP) is 1.78. The molecule has 1 amide bonds. The van der Waals surface area contributed by atoms with Crippen molar-refractivity contribution in [1.82, 2.24) is 10.2 Å². The molecule has 0 saturated carbocycles. The van der Waals surface area contributed by atoms with E-state index in [1.165, 1.54) is 0 Å². The molecular formula is C12H15ClN2O. The number of hydrogen-bond donors (Lipinski definition) is 1. The molecule has 0 atom stereocenters. The van der Waals surface area contributed by atoms with Gasteiger partial charge in [-0.25, -0.2) is 0 Å². The quantitative estimate of drug-likeness (QED) is 0.809. The lowest BCUT2D eigenvalue weighted by molar-refractivity contribution is 0.0766. The third-order valence-electron chi connectivity index (χ3n) is 2.72. The Morgan fingerprint density at radius 3 is 2.69 bits per heavy atom. The molecule has 0 aliphatic carbocycles. The van der Waals surface area contributed by atoms with Crippen molar-refractivity contribution in [3.8, 4) is 0 Å². The highest BCUT2D eigenvalue weighted by Crippen LogP contribution is 2.12. The predicted molar refractivity (Wildman–Crippen MR) is 64.8 cm³/mol. The monoisotopic (exact) mass is 238 g/mol. The Hall–Kier alpha value is -1.06. The fourth-order valence-corrected chi connectivity index (χ4v) is 1.95. The Labute approximate surface area is 100 Å². The zero-order valence-electron chi connectivity index (χ0n) is 9.08. The lowest BCUT2D eigenvalue weighted by Crippen LogP contribution is -2.34. The van der Waals surface area contributed by atoms with Gasteiger partial charge < -0.3 is 10.2 Å². The van der Waals surface area contributed by atoms with Crippen molar-refractivity contribution in [2.24, 2.45) is 0 Å². The number of carbonyl (C=O) groups is 1. The molecule has 4 heteroatoms. The van der Waals surface area contributed by atoms with Crippen LogP contribution in [-0.2, 0) is 0 Å². The molecule has 3 nitrogen and oxygen atoms in total. The molecule has 1 aromatic carbocycles. The van der Waals surface area contributed by atoms with Gasteiger partial charge in [0.15, 0.2) is 0 Å². The molecule has 1 aromatic rings. The van der Waals surface area contributed by atoms with Crippen LogP contribution in [0.15, 0.2) is 24.3 Å². The van der Waals surface area contributed by atoms with Gasteiger partial charge in [0.2, 0.25) is 0 Å². The molecule has 1 aliphatic rings. The maximum atomic E-state index is 12.1. The highest BCUT2D eigenvalue weighted by molar-refractivity contribution is 6.30. The summed E-state index contributed by atoms with van der Waals surface area (Å²) in [5.74, 6) is 0.0976. The van der Waals surface area contributed by atoms with Gasteiger partial charge in [-0.1, -0.05) is 11.6 Å². The molecule has 1 heterocycles. The molecule has 1 saturated heterocycles. The zero-order chi connectivity index (χ0) is 11.4. The van der Waals surface area contributed by atoms with Crippen LogP contribution in [-0.4, -0.2) is 37.0 Å². The Morgan fingerprint density at radius 2 is 1.94 bits per heavy atom. The van der Waals surface area contributed by atoms with Crippen LogP contribution in [0, 0.1) is 0 Å². The van der Waals surface area contributed by atoms with Crippen LogP contribution in [0.4, 0.5) is 0 Å². The summed E-state index contributed by atoms with van der Waals surface area (Å²) in [6.45, 7) is 3.47. The van der Waals surface area contributed by atoms with E-state index in [9.17, 15) is 4.79 Å². The summed E-state index contributed by atoms with van der Waals surface area (Å²) in [5.41, 5.74) is 0.714. The largest absolute Gasteiger partial charge is 0.337 e. The highest BCUT2D eigenvalue weighted by Gasteiger charge is 2.16. The summed E-state index contributed by atoms with van der Waals surface area (Å²) in [4.78, 5) is 14.0. The molecule has 86 valence electrons. The van der Waals surface area contributed by atoms with Gasteiger partial charge in [0.1, 0.15) is 0 Å². The third-order valence-corrected chi connectivity index (χ3v) is 2.97. The average Bonchev–Trinajstić information content (AvgIpc) is 2.57. The molecule has 1 N–H and O–H groups in total. The van der Waals surface area contributed by atoms with E-state index in [2.05, 4.69) is 5.32 Å². The Bertz CT molecular complexity index is 356. The molecular weight excluding hydrogens is 224 g/mol. The molecule has 1 fully saturated rings. The van der Waals surface area contributed by atoms with Crippen LogP contribution in [0.3, 0.4) is 0 Å². The molecule has 0 aromatic heterocycles. The first-order valence-corrected chi connectivity index (χ1v) is 5.91. The van der Waals surface area contributed by atoms with E-state index >= 15 is 0 Å². The van der Waals surface area contributed by atoms with Gasteiger partial charge in [-0.15, -0.1) is 0 Å². The van der Waals surface area contributed by atoms with Crippen LogP contribution in [0.1, 0.15) is 16.8 Å². The van der Waals surface area contributed by atoms with E-state index in [1.54, 1.807) is 24.3 Å². The highest BCUT2D eigenvalue weighted by atomic mass is 35.5. The maximum Gasteiger partial charge on any atom is 0.253 e. The fourth-order valence-electron chi connectivity index (χ4n) is 1.82. The van der Waals surface area contributed by atoms with Gasteiger partial charge in [-0.2, -0.15) is 0 Å². The van der Waals surface area contributed by atoms with E-state index in [1.807, 2.05) is 4.90 Å². The summed E-state index contributed by atoms with van der Waals surface area (Å²) >= 11 is 5.79. The van der Waals surface area contributed by atoms with Gasteiger partial charge in [0.25, 0.3) is 5.91 Å². The van der Waals surface area contributed by atoms with Crippen molar-refractivity contribution in [3.63, 3.8) is 0 Å². The van der Waals surface area contributed by atoms with E-state index in [-0.39, 0.29) is 5.91 Å². The van der Waals surface area contributed by atoms with E-state index in [0.29, 0.717) is 10.6 Å². The molecule has 16 heavy (non-hydrogen) atoms. The smallest absolute Gasteiger partial charge is 0.253 e. The number of carbonyl (C=O) groups excluding carboxylic acids is 1. The molecule has 0 bridgehead atoms. The minimum Gasteiger partial charge on any atom is -0.337 e. The summed E-state index contributed by atoms with van der Waals surface area (Å²) in [5, 5.41) is 3.94. The molecule has 0 unspecified atom stereocenters. The van der Waals surface area contributed by atoms with Gasteiger partial charge in [0.05, 0.1) is 0 Å². The lowest BCUT2D eigenvalue weighted by Gasteiger charge is -2.19. The molecule has 0 spiro atoms. The van der Waals surface area contributed by atoms with Crippen LogP contribution >= 0.6 is 11.6 Å². The van der Waals surface area contributed by atoms with Gasteiger partial charge >= 0.3 is 0 Å². The van der Waals surface area contributed by atoms with Crippen LogP contribution in [0.5, 0.6) is 0 Å². The summed E-state index contributed by atoms with van der Waals surface area (Å²) in [6.07, 6.45) is 1.01. The number of nitrogens with one attached hydrogen (secondary N) is 1. The number of nitrogens with zero attached hydrogens (tertiary/aromatic N) is 1. The average molecular weight is 239 g/mol. The third kappa shape index (κ3) is 2.74. The second-order valence-electron chi connectivity index (χ2n) is 3.90. The Morgan fingerprint density at radius 1 is 1.19 bits per heavy atom. The van der Waals surface area contributed by atoms with Crippen molar-refractivity contribution in [1.29, 1.82) is 0 Å². The maximum absolute atomic E-state index is 12.1. The summed E-state index contributed by atoms with van der Waals surface area (Å²) in [7, 11) is 0. The van der Waals surface area contributed by atoms with E-state index < -0.39 is 0 Å².